The molecular weight excluding hydrogens is 258 g/mol. The molecule has 0 bridgehead atoms. The molecule has 2 heterocycles. The van der Waals surface area contributed by atoms with Crippen LogP contribution in [-0.2, 0) is 11.2 Å². The van der Waals surface area contributed by atoms with Gasteiger partial charge in [-0.3, -0.25) is 10.1 Å². The largest absolute Gasteiger partial charge is 0.384 e. The topological polar surface area (TPSA) is 76.4 Å². The van der Waals surface area contributed by atoms with Gasteiger partial charge < -0.3 is 15.4 Å². The third-order valence-electron chi connectivity index (χ3n) is 3.97. The van der Waals surface area contributed by atoms with Gasteiger partial charge in [-0.25, -0.2) is 0 Å². The van der Waals surface area contributed by atoms with Crippen molar-refractivity contribution in [3.05, 3.63) is 27.8 Å². The Morgan fingerprint density at radius 3 is 3.15 bits per heavy atom. The van der Waals surface area contributed by atoms with Crippen molar-refractivity contribution in [1.29, 1.82) is 0 Å². The van der Waals surface area contributed by atoms with Gasteiger partial charge in [0.2, 0.25) is 0 Å². The van der Waals surface area contributed by atoms with Crippen LogP contribution in [0, 0.1) is 10.1 Å². The Bertz CT molecular complexity index is 513. The molecule has 1 saturated heterocycles. The molecular formula is C14H19N3O3. The summed E-state index contributed by atoms with van der Waals surface area (Å²) in [6.45, 7) is 2.40. The molecule has 0 saturated carbocycles. The first-order valence-corrected chi connectivity index (χ1v) is 7.15. The summed E-state index contributed by atoms with van der Waals surface area (Å²) in [4.78, 5) is 10.8. The van der Waals surface area contributed by atoms with Gasteiger partial charge in [0.05, 0.1) is 11.0 Å². The van der Waals surface area contributed by atoms with Gasteiger partial charge in [-0.1, -0.05) is 0 Å². The van der Waals surface area contributed by atoms with Crippen molar-refractivity contribution in [2.75, 3.05) is 30.3 Å². The summed E-state index contributed by atoms with van der Waals surface area (Å²) in [6.07, 6.45) is 4.25. The maximum Gasteiger partial charge on any atom is 0.292 e. The highest BCUT2D eigenvalue weighted by Crippen LogP contribution is 2.36. The summed E-state index contributed by atoms with van der Waals surface area (Å²) in [7, 11) is 0. The van der Waals surface area contributed by atoms with E-state index in [-0.39, 0.29) is 10.6 Å². The number of fused-ring (bicyclic) bond motifs is 1. The summed E-state index contributed by atoms with van der Waals surface area (Å²) in [6, 6.07) is 3.37. The Morgan fingerprint density at radius 2 is 2.40 bits per heavy atom. The van der Waals surface area contributed by atoms with Gasteiger partial charge in [0.15, 0.2) is 0 Å². The Hall–Kier alpha value is -1.82. The van der Waals surface area contributed by atoms with Crippen molar-refractivity contribution >= 4 is 17.1 Å². The zero-order valence-electron chi connectivity index (χ0n) is 11.4. The zero-order chi connectivity index (χ0) is 13.9. The number of nitro groups is 1. The molecule has 2 aliphatic rings. The predicted molar refractivity (Wildman–Crippen MR) is 77.4 cm³/mol. The molecule has 0 spiro atoms. The molecule has 1 atom stereocenters. The number of anilines is 2. The van der Waals surface area contributed by atoms with Gasteiger partial charge in [0.1, 0.15) is 5.69 Å². The number of rotatable bonds is 5. The van der Waals surface area contributed by atoms with Crippen molar-refractivity contribution in [2.45, 2.75) is 31.8 Å². The van der Waals surface area contributed by atoms with E-state index in [4.69, 9.17) is 4.74 Å². The fourth-order valence-corrected chi connectivity index (χ4v) is 2.96. The molecule has 20 heavy (non-hydrogen) atoms. The molecule has 3 rings (SSSR count). The molecule has 108 valence electrons. The van der Waals surface area contributed by atoms with Crippen LogP contribution in [0.25, 0.3) is 0 Å². The van der Waals surface area contributed by atoms with E-state index in [9.17, 15) is 10.1 Å². The lowest BCUT2D eigenvalue weighted by Gasteiger charge is -2.13. The molecule has 2 N–H and O–H groups in total. The summed E-state index contributed by atoms with van der Waals surface area (Å²) in [5.74, 6) is 0. The summed E-state index contributed by atoms with van der Waals surface area (Å²) >= 11 is 0. The van der Waals surface area contributed by atoms with Crippen molar-refractivity contribution < 1.29 is 9.66 Å². The van der Waals surface area contributed by atoms with Crippen LogP contribution in [0.4, 0.5) is 17.1 Å². The Labute approximate surface area is 117 Å². The molecule has 0 aromatic heterocycles. The molecule has 6 heteroatoms. The van der Waals surface area contributed by atoms with Crippen LogP contribution in [-0.4, -0.2) is 30.7 Å². The second-order valence-corrected chi connectivity index (χ2v) is 5.27. The van der Waals surface area contributed by atoms with E-state index in [0.29, 0.717) is 18.3 Å². The highest BCUT2D eigenvalue weighted by molar-refractivity contribution is 5.77. The first-order valence-electron chi connectivity index (χ1n) is 7.15. The molecule has 1 aromatic carbocycles. The van der Waals surface area contributed by atoms with Crippen molar-refractivity contribution in [3.63, 3.8) is 0 Å². The standard InChI is InChI=1S/C14H19N3O3/c18-17(19)13-4-3-12-11(6-8-15-12)14(13)16-7-5-10-2-1-9-20-10/h3-4,10,15-16H,1-2,5-9H2. The number of benzene rings is 1. The number of nitrogens with one attached hydrogen (secondary N) is 2. The quantitative estimate of drug-likeness (QED) is 0.639. The highest BCUT2D eigenvalue weighted by Gasteiger charge is 2.24. The van der Waals surface area contributed by atoms with Crippen LogP contribution in [0.1, 0.15) is 24.8 Å². The van der Waals surface area contributed by atoms with Crippen LogP contribution in [0.3, 0.4) is 0 Å². The predicted octanol–water partition coefficient (Wildman–Crippen LogP) is 2.54. The Balaban J connectivity index is 1.73. The van der Waals surface area contributed by atoms with E-state index in [2.05, 4.69) is 10.6 Å². The van der Waals surface area contributed by atoms with E-state index in [1.165, 1.54) is 0 Å². The van der Waals surface area contributed by atoms with E-state index >= 15 is 0 Å². The Kier molecular flexibility index (Phi) is 3.73. The fraction of sp³-hybridized carbons (Fsp3) is 0.571. The fourth-order valence-electron chi connectivity index (χ4n) is 2.96. The van der Waals surface area contributed by atoms with Crippen molar-refractivity contribution in [1.82, 2.24) is 0 Å². The first-order chi connectivity index (χ1) is 9.75. The maximum absolute atomic E-state index is 11.2. The third kappa shape index (κ3) is 2.56. The first kappa shape index (κ1) is 13.2. The zero-order valence-corrected chi connectivity index (χ0v) is 11.4. The number of nitrogens with zero attached hydrogens (tertiary/aromatic N) is 1. The molecule has 0 radical (unpaired) electrons. The maximum atomic E-state index is 11.2. The SMILES string of the molecule is O=[N+]([O-])c1ccc2c(c1NCCC1CCCO1)CCN2. The van der Waals surface area contributed by atoms with Crippen molar-refractivity contribution in [3.8, 4) is 0 Å². The third-order valence-corrected chi connectivity index (χ3v) is 3.97. The summed E-state index contributed by atoms with van der Waals surface area (Å²) in [5.41, 5.74) is 2.89. The van der Waals surface area contributed by atoms with Gasteiger partial charge in [-0.05, 0) is 31.7 Å². The minimum absolute atomic E-state index is 0.166. The minimum Gasteiger partial charge on any atom is -0.384 e. The minimum atomic E-state index is -0.312. The smallest absolute Gasteiger partial charge is 0.292 e. The van der Waals surface area contributed by atoms with E-state index in [1.807, 2.05) is 0 Å². The van der Waals surface area contributed by atoms with Gasteiger partial charge in [-0.2, -0.15) is 0 Å². The monoisotopic (exact) mass is 277 g/mol. The van der Waals surface area contributed by atoms with E-state index in [1.54, 1.807) is 12.1 Å². The van der Waals surface area contributed by atoms with Gasteiger partial charge in [0, 0.05) is 37.0 Å². The number of nitro benzene ring substituents is 1. The average Bonchev–Trinajstić information content (AvgIpc) is 3.08. The summed E-state index contributed by atoms with van der Waals surface area (Å²) in [5, 5.41) is 17.7. The second-order valence-electron chi connectivity index (χ2n) is 5.27. The van der Waals surface area contributed by atoms with E-state index in [0.717, 1.165) is 50.1 Å². The normalized spacial score (nSPS) is 20.5. The lowest BCUT2D eigenvalue weighted by atomic mass is 10.1. The molecule has 0 aliphatic carbocycles. The number of ether oxygens (including phenoxy) is 1. The number of hydrogen-bond acceptors (Lipinski definition) is 5. The molecule has 0 amide bonds. The lowest BCUT2D eigenvalue weighted by Crippen LogP contribution is -2.14. The number of hydrogen-bond donors (Lipinski definition) is 2. The van der Waals surface area contributed by atoms with Crippen LogP contribution in [0.5, 0.6) is 0 Å². The molecule has 6 nitrogen and oxygen atoms in total. The van der Waals surface area contributed by atoms with Gasteiger partial charge in [0.25, 0.3) is 5.69 Å². The molecule has 1 fully saturated rings. The molecule has 2 aliphatic heterocycles. The lowest BCUT2D eigenvalue weighted by molar-refractivity contribution is -0.384. The van der Waals surface area contributed by atoms with Crippen LogP contribution in [0.15, 0.2) is 12.1 Å². The summed E-state index contributed by atoms with van der Waals surface area (Å²) < 4.78 is 5.57. The van der Waals surface area contributed by atoms with Crippen molar-refractivity contribution in [2.24, 2.45) is 0 Å². The Morgan fingerprint density at radius 1 is 1.50 bits per heavy atom. The van der Waals surface area contributed by atoms with Gasteiger partial charge >= 0.3 is 0 Å². The van der Waals surface area contributed by atoms with Crippen LogP contribution >= 0.6 is 0 Å². The average molecular weight is 277 g/mol. The van der Waals surface area contributed by atoms with Crippen LogP contribution < -0.4 is 10.6 Å². The van der Waals surface area contributed by atoms with Crippen LogP contribution in [0.2, 0.25) is 0 Å². The second kappa shape index (κ2) is 5.66. The van der Waals surface area contributed by atoms with Gasteiger partial charge in [-0.15, -0.1) is 0 Å². The van der Waals surface area contributed by atoms with E-state index < -0.39 is 0 Å². The highest BCUT2D eigenvalue weighted by atomic mass is 16.6. The molecule has 1 unspecified atom stereocenters. The molecule has 1 aromatic rings.